The fraction of sp³-hybridized carbons (Fsp3) is 0.200. The lowest BCUT2D eigenvalue weighted by Crippen LogP contribution is -1.99. The van der Waals surface area contributed by atoms with E-state index in [1.165, 1.54) is 0 Å². The van der Waals surface area contributed by atoms with Gasteiger partial charge in [0.05, 0.1) is 19.2 Å². The molecule has 0 unspecified atom stereocenters. The largest absolute Gasteiger partial charge is 0.497 e. The lowest BCUT2D eigenvalue weighted by molar-refractivity contribution is -0.137. The van der Waals surface area contributed by atoms with Crippen LogP contribution < -0.4 is 4.74 Å². The van der Waals surface area contributed by atoms with Gasteiger partial charge in [0.25, 0.3) is 5.78 Å². The third kappa shape index (κ3) is 2.73. The SMILES string of the molecule is COc1cccc(-c2ccnc3nc(CCC(=O)O)nn23)c1. The molecule has 1 aromatic carbocycles. The number of rotatable bonds is 5. The fourth-order valence-electron chi connectivity index (χ4n) is 2.16. The fourth-order valence-corrected chi connectivity index (χ4v) is 2.16. The molecular formula is C15H14N4O3. The number of benzene rings is 1. The van der Waals surface area contributed by atoms with Crippen LogP contribution in [0.15, 0.2) is 36.5 Å². The molecule has 7 heteroatoms. The van der Waals surface area contributed by atoms with Crippen molar-refractivity contribution in [3.63, 3.8) is 0 Å². The first kappa shape index (κ1) is 14.0. The highest BCUT2D eigenvalue weighted by Gasteiger charge is 2.11. The molecule has 0 saturated heterocycles. The molecule has 0 aliphatic carbocycles. The molecule has 3 aromatic rings. The van der Waals surface area contributed by atoms with Crippen molar-refractivity contribution in [1.29, 1.82) is 0 Å². The number of fused-ring (bicyclic) bond motifs is 1. The summed E-state index contributed by atoms with van der Waals surface area (Å²) in [5.41, 5.74) is 1.74. The van der Waals surface area contributed by atoms with Crippen molar-refractivity contribution >= 4 is 11.7 Å². The number of nitrogens with zero attached hydrogens (tertiary/aromatic N) is 4. The van der Waals surface area contributed by atoms with Crippen LogP contribution in [-0.2, 0) is 11.2 Å². The third-order valence-electron chi connectivity index (χ3n) is 3.21. The van der Waals surface area contributed by atoms with E-state index in [9.17, 15) is 4.79 Å². The van der Waals surface area contributed by atoms with Gasteiger partial charge in [0.1, 0.15) is 5.75 Å². The van der Waals surface area contributed by atoms with E-state index in [1.54, 1.807) is 17.8 Å². The van der Waals surface area contributed by atoms with E-state index in [-0.39, 0.29) is 12.8 Å². The maximum absolute atomic E-state index is 10.7. The van der Waals surface area contributed by atoms with E-state index >= 15 is 0 Å². The number of carboxylic acids is 1. The van der Waals surface area contributed by atoms with Gasteiger partial charge >= 0.3 is 5.97 Å². The van der Waals surface area contributed by atoms with Crippen molar-refractivity contribution in [3.8, 4) is 17.0 Å². The van der Waals surface area contributed by atoms with Gasteiger partial charge in [0.15, 0.2) is 5.82 Å². The zero-order valence-electron chi connectivity index (χ0n) is 11.9. The normalized spacial score (nSPS) is 10.8. The van der Waals surface area contributed by atoms with Gasteiger partial charge < -0.3 is 9.84 Å². The maximum Gasteiger partial charge on any atom is 0.303 e. The van der Waals surface area contributed by atoms with Crippen molar-refractivity contribution in [2.75, 3.05) is 7.11 Å². The van der Waals surface area contributed by atoms with Crippen LogP contribution in [0.25, 0.3) is 17.0 Å². The van der Waals surface area contributed by atoms with Crippen LogP contribution in [0.1, 0.15) is 12.2 Å². The summed E-state index contributed by atoms with van der Waals surface area (Å²) in [5, 5.41) is 13.1. The zero-order valence-corrected chi connectivity index (χ0v) is 11.9. The van der Waals surface area contributed by atoms with Gasteiger partial charge in [-0.05, 0) is 18.2 Å². The molecule has 22 heavy (non-hydrogen) atoms. The van der Waals surface area contributed by atoms with Crippen LogP contribution in [0.2, 0.25) is 0 Å². The summed E-state index contributed by atoms with van der Waals surface area (Å²) < 4.78 is 6.85. The number of methoxy groups -OCH3 is 1. The second-order valence-corrected chi connectivity index (χ2v) is 4.70. The zero-order chi connectivity index (χ0) is 15.5. The summed E-state index contributed by atoms with van der Waals surface area (Å²) >= 11 is 0. The second-order valence-electron chi connectivity index (χ2n) is 4.70. The Bertz CT molecular complexity index is 829. The molecule has 0 amide bonds. The maximum atomic E-state index is 10.7. The van der Waals surface area contributed by atoms with Gasteiger partial charge in [0, 0.05) is 18.2 Å². The summed E-state index contributed by atoms with van der Waals surface area (Å²) in [7, 11) is 1.61. The molecule has 0 aliphatic heterocycles. The number of aromatic nitrogens is 4. The van der Waals surface area contributed by atoms with Crippen molar-refractivity contribution in [2.45, 2.75) is 12.8 Å². The van der Waals surface area contributed by atoms with Crippen molar-refractivity contribution in [1.82, 2.24) is 19.6 Å². The van der Waals surface area contributed by atoms with E-state index in [1.807, 2.05) is 30.3 Å². The topological polar surface area (TPSA) is 89.6 Å². The number of aryl methyl sites for hydroxylation is 1. The summed E-state index contributed by atoms with van der Waals surface area (Å²) in [5.74, 6) is 0.777. The highest BCUT2D eigenvalue weighted by molar-refractivity contribution is 5.67. The Morgan fingerprint density at radius 1 is 1.36 bits per heavy atom. The van der Waals surface area contributed by atoms with Gasteiger partial charge in [0.2, 0.25) is 0 Å². The molecule has 1 N–H and O–H groups in total. The number of hydrogen-bond acceptors (Lipinski definition) is 5. The van der Waals surface area contributed by atoms with Crippen LogP contribution in [0, 0.1) is 0 Å². The minimum absolute atomic E-state index is 0.00856. The molecule has 112 valence electrons. The molecule has 0 aliphatic rings. The Morgan fingerprint density at radius 3 is 3.00 bits per heavy atom. The van der Waals surface area contributed by atoms with E-state index in [4.69, 9.17) is 9.84 Å². The molecule has 0 saturated carbocycles. The lowest BCUT2D eigenvalue weighted by atomic mass is 10.1. The molecule has 0 radical (unpaired) electrons. The number of hydrogen-bond donors (Lipinski definition) is 1. The van der Waals surface area contributed by atoms with Crippen LogP contribution >= 0.6 is 0 Å². The van der Waals surface area contributed by atoms with Gasteiger partial charge in [-0.25, -0.2) is 4.98 Å². The first-order valence-corrected chi connectivity index (χ1v) is 6.74. The van der Waals surface area contributed by atoms with Crippen LogP contribution in [0.3, 0.4) is 0 Å². The molecule has 0 spiro atoms. The predicted molar refractivity (Wildman–Crippen MR) is 78.7 cm³/mol. The van der Waals surface area contributed by atoms with Gasteiger partial charge in [-0.3, -0.25) is 4.79 Å². The highest BCUT2D eigenvalue weighted by Crippen LogP contribution is 2.23. The summed E-state index contributed by atoms with van der Waals surface area (Å²) in [6.45, 7) is 0. The van der Waals surface area contributed by atoms with E-state index in [0.29, 0.717) is 11.6 Å². The standard InChI is InChI=1S/C15H14N4O3/c1-22-11-4-2-3-10(9-11)12-7-8-16-15-17-13(18-19(12)15)5-6-14(20)21/h2-4,7-9H,5-6H2,1H3,(H,20,21). The highest BCUT2D eigenvalue weighted by atomic mass is 16.5. The molecular weight excluding hydrogens is 284 g/mol. The average molecular weight is 298 g/mol. The van der Waals surface area contributed by atoms with Crippen LogP contribution in [0.5, 0.6) is 5.75 Å². The number of aliphatic carboxylic acids is 1. The number of carboxylic acid groups (broad SMARTS) is 1. The number of ether oxygens (including phenoxy) is 1. The van der Waals surface area contributed by atoms with Crippen LogP contribution in [-0.4, -0.2) is 37.8 Å². The van der Waals surface area contributed by atoms with E-state index in [2.05, 4.69) is 15.1 Å². The molecule has 0 atom stereocenters. The van der Waals surface area contributed by atoms with Gasteiger partial charge in [-0.15, -0.1) is 5.10 Å². The van der Waals surface area contributed by atoms with Crippen molar-refractivity contribution < 1.29 is 14.6 Å². The van der Waals surface area contributed by atoms with Gasteiger partial charge in [-0.1, -0.05) is 12.1 Å². The van der Waals surface area contributed by atoms with Crippen molar-refractivity contribution in [3.05, 3.63) is 42.4 Å². The monoisotopic (exact) mass is 298 g/mol. The minimum Gasteiger partial charge on any atom is -0.497 e. The summed E-state index contributed by atoms with van der Waals surface area (Å²) in [6, 6.07) is 9.42. The first-order valence-electron chi connectivity index (χ1n) is 6.74. The summed E-state index contributed by atoms with van der Waals surface area (Å²) in [4.78, 5) is 19.1. The summed E-state index contributed by atoms with van der Waals surface area (Å²) in [6.07, 6.45) is 1.92. The molecule has 3 rings (SSSR count). The second kappa shape index (κ2) is 5.80. The molecule has 2 aromatic heterocycles. The Kier molecular flexibility index (Phi) is 3.69. The average Bonchev–Trinajstić information content (AvgIpc) is 2.96. The first-order chi connectivity index (χ1) is 10.7. The van der Waals surface area contributed by atoms with Crippen molar-refractivity contribution in [2.24, 2.45) is 0 Å². The predicted octanol–water partition coefficient (Wildman–Crippen LogP) is 1.82. The molecule has 0 fully saturated rings. The Hall–Kier alpha value is -2.96. The van der Waals surface area contributed by atoms with Crippen LogP contribution in [0.4, 0.5) is 0 Å². The number of carbonyl (C=O) groups is 1. The molecule has 7 nitrogen and oxygen atoms in total. The third-order valence-corrected chi connectivity index (χ3v) is 3.21. The lowest BCUT2D eigenvalue weighted by Gasteiger charge is -2.05. The van der Waals surface area contributed by atoms with Gasteiger partial charge in [-0.2, -0.15) is 9.50 Å². The molecule has 2 heterocycles. The van der Waals surface area contributed by atoms with E-state index < -0.39 is 5.97 Å². The minimum atomic E-state index is -0.875. The Labute approximate surface area is 126 Å². The quantitative estimate of drug-likeness (QED) is 0.772. The van der Waals surface area contributed by atoms with E-state index in [0.717, 1.165) is 17.0 Å². The smallest absolute Gasteiger partial charge is 0.303 e. The Morgan fingerprint density at radius 2 is 2.23 bits per heavy atom. The Balaban J connectivity index is 2.03. The molecule has 0 bridgehead atoms.